The summed E-state index contributed by atoms with van der Waals surface area (Å²) in [4.78, 5) is 8.28. The second-order valence-electron chi connectivity index (χ2n) is 3.83. The van der Waals surface area contributed by atoms with Gasteiger partial charge < -0.3 is 16.4 Å². The highest BCUT2D eigenvalue weighted by Crippen LogP contribution is 2.11. The van der Waals surface area contributed by atoms with Crippen LogP contribution in [0.4, 0.5) is 0 Å². The zero-order valence-corrected chi connectivity index (χ0v) is 12.4. The van der Waals surface area contributed by atoms with Crippen molar-refractivity contribution in [2.45, 2.75) is 19.8 Å². The largest absolute Gasteiger partial charge is 0.370 e. The van der Waals surface area contributed by atoms with Gasteiger partial charge in [0, 0.05) is 25.7 Å². The average molecular weight is 300 g/mol. The highest BCUT2D eigenvalue weighted by Gasteiger charge is 2.02. The van der Waals surface area contributed by atoms with Crippen molar-refractivity contribution in [1.29, 1.82) is 0 Å². The van der Waals surface area contributed by atoms with Crippen molar-refractivity contribution >= 4 is 34.9 Å². The molecule has 1 rings (SSSR count). The molecule has 0 amide bonds. The van der Waals surface area contributed by atoms with E-state index < -0.39 is 0 Å². The predicted molar refractivity (Wildman–Crippen MR) is 83.5 cm³/mol. The number of hydrogen-bond donors (Lipinski definition) is 3. The second kappa shape index (κ2) is 8.66. The summed E-state index contributed by atoms with van der Waals surface area (Å²) < 4.78 is 0. The van der Waals surface area contributed by atoms with Crippen LogP contribution >= 0.6 is 23.8 Å². The van der Waals surface area contributed by atoms with Gasteiger partial charge in [-0.3, -0.25) is 9.98 Å². The van der Waals surface area contributed by atoms with Gasteiger partial charge in [-0.05, 0) is 30.8 Å². The van der Waals surface area contributed by atoms with Gasteiger partial charge in [-0.15, -0.1) is 0 Å². The number of guanidine groups is 1. The highest BCUT2D eigenvalue weighted by molar-refractivity contribution is 7.80. The van der Waals surface area contributed by atoms with Gasteiger partial charge in [-0.25, -0.2) is 0 Å². The number of halogens is 1. The third-order valence-corrected chi connectivity index (χ3v) is 2.82. The topological polar surface area (TPSA) is 75.3 Å². The van der Waals surface area contributed by atoms with Crippen LogP contribution in [-0.2, 0) is 6.42 Å². The molecule has 0 spiro atoms. The molecular weight excluding hydrogens is 282 g/mol. The zero-order valence-electron chi connectivity index (χ0n) is 10.8. The second-order valence-corrected chi connectivity index (χ2v) is 4.65. The van der Waals surface area contributed by atoms with E-state index in [2.05, 4.69) is 20.6 Å². The Morgan fingerprint density at radius 2 is 2.37 bits per heavy atom. The maximum atomic E-state index is 6.00. The van der Waals surface area contributed by atoms with E-state index in [4.69, 9.17) is 29.6 Å². The molecule has 1 aromatic heterocycles. The van der Waals surface area contributed by atoms with Gasteiger partial charge >= 0.3 is 0 Å². The fraction of sp³-hybridized carbons (Fsp3) is 0.417. The number of aliphatic imine (C=N–C) groups is 1. The minimum atomic E-state index is 0.329. The lowest BCUT2D eigenvalue weighted by Crippen LogP contribution is -2.43. The van der Waals surface area contributed by atoms with Gasteiger partial charge in [0.25, 0.3) is 0 Å². The van der Waals surface area contributed by atoms with Crippen LogP contribution in [-0.4, -0.2) is 29.1 Å². The molecule has 0 fully saturated rings. The molecule has 19 heavy (non-hydrogen) atoms. The first kappa shape index (κ1) is 15.7. The molecule has 4 N–H and O–H groups in total. The lowest BCUT2D eigenvalue weighted by Gasteiger charge is -2.10. The molecule has 0 aromatic carbocycles. The molecule has 104 valence electrons. The van der Waals surface area contributed by atoms with Gasteiger partial charge in [-0.1, -0.05) is 18.5 Å². The van der Waals surface area contributed by atoms with Crippen LogP contribution in [0.3, 0.4) is 0 Å². The Morgan fingerprint density at radius 3 is 3.05 bits per heavy atom. The first-order valence-corrected chi connectivity index (χ1v) is 6.86. The molecule has 0 saturated carbocycles. The van der Waals surface area contributed by atoms with Gasteiger partial charge in [-0.2, -0.15) is 0 Å². The number of pyridine rings is 1. The molecule has 1 heterocycles. The minimum Gasteiger partial charge on any atom is -0.370 e. The maximum Gasteiger partial charge on any atom is 0.194 e. The van der Waals surface area contributed by atoms with Crippen molar-refractivity contribution in [3.05, 3.63) is 29.0 Å². The fourth-order valence-corrected chi connectivity index (χ4v) is 1.75. The van der Waals surface area contributed by atoms with Crippen LogP contribution in [0.2, 0.25) is 5.02 Å². The Morgan fingerprint density at radius 1 is 1.58 bits per heavy atom. The molecule has 0 aliphatic heterocycles. The molecule has 5 nitrogen and oxygen atoms in total. The van der Waals surface area contributed by atoms with Crippen LogP contribution in [0, 0.1) is 0 Å². The summed E-state index contributed by atoms with van der Waals surface area (Å²) in [5.74, 6) is 0.329. The molecule has 0 atom stereocenters. The zero-order chi connectivity index (χ0) is 14.1. The number of aromatic nitrogens is 1. The third kappa shape index (κ3) is 6.35. The normalized spacial score (nSPS) is 11.2. The van der Waals surface area contributed by atoms with Crippen LogP contribution < -0.4 is 16.4 Å². The number of nitrogens with two attached hydrogens (primary N) is 1. The summed E-state index contributed by atoms with van der Waals surface area (Å²) in [5, 5.41) is 6.94. The molecule has 1 aromatic rings. The van der Waals surface area contributed by atoms with Crippen molar-refractivity contribution in [1.82, 2.24) is 15.6 Å². The van der Waals surface area contributed by atoms with E-state index in [-0.39, 0.29) is 0 Å². The highest BCUT2D eigenvalue weighted by atomic mass is 35.5. The summed E-state index contributed by atoms with van der Waals surface area (Å²) >= 11 is 11.1. The van der Waals surface area contributed by atoms with E-state index in [1.165, 1.54) is 0 Å². The Hall–Kier alpha value is -1.40. The molecule has 0 aliphatic carbocycles. The molecule has 0 radical (unpaired) electrons. The fourth-order valence-electron chi connectivity index (χ4n) is 1.33. The Bertz CT molecular complexity index is 450. The molecule has 0 bridgehead atoms. The van der Waals surface area contributed by atoms with Crippen LogP contribution in [0.1, 0.15) is 19.0 Å². The van der Waals surface area contributed by atoms with Crippen LogP contribution in [0.25, 0.3) is 0 Å². The maximum absolute atomic E-state index is 6.00. The smallest absolute Gasteiger partial charge is 0.194 e. The molecule has 7 heteroatoms. The first-order chi connectivity index (χ1) is 9.13. The summed E-state index contributed by atoms with van der Waals surface area (Å²) in [6, 6.07) is 3.62. The number of nitrogens with zero attached hydrogens (tertiary/aromatic N) is 2. The standard InChI is InChI=1S/C12H18ClN5S/c1-2-6-16-11(14)18-12(19)17-8-5-10-9(13)4-3-7-15-10/h3-4,7H,2,5-6,8H2,1H3,(H4,14,16,17,18,19). The Kier molecular flexibility index (Phi) is 7.14. The van der Waals surface area contributed by atoms with E-state index in [1.807, 2.05) is 13.0 Å². The lowest BCUT2D eigenvalue weighted by atomic mass is 10.3. The molecule has 0 unspecified atom stereocenters. The van der Waals surface area contributed by atoms with E-state index in [0.717, 1.165) is 12.1 Å². The third-order valence-electron chi connectivity index (χ3n) is 2.23. The van der Waals surface area contributed by atoms with E-state index in [9.17, 15) is 0 Å². The summed E-state index contributed by atoms with van der Waals surface area (Å²) in [6.45, 7) is 3.35. The van der Waals surface area contributed by atoms with Crippen molar-refractivity contribution in [2.24, 2.45) is 10.7 Å². The van der Waals surface area contributed by atoms with Crippen molar-refractivity contribution in [3.63, 3.8) is 0 Å². The van der Waals surface area contributed by atoms with Gasteiger partial charge in [0.2, 0.25) is 0 Å². The van der Waals surface area contributed by atoms with Crippen molar-refractivity contribution in [3.8, 4) is 0 Å². The molecular formula is C12H18ClN5S. The first-order valence-electron chi connectivity index (χ1n) is 6.07. The Balaban J connectivity index is 2.30. The lowest BCUT2D eigenvalue weighted by molar-refractivity contribution is 0.835. The molecule has 0 aliphatic rings. The van der Waals surface area contributed by atoms with Gasteiger partial charge in [0.15, 0.2) is 11.1 Å². The molecule has 0 saturated heterocycles. The van der Waals surface area contributed by atoms with Crippen LogP contribution in [0.5, 0.6) is 0 Å². The van der Waals surface area contributed by atoms with Crippen LogP contribution in [0.15, 0.2) is 23.3 Å². The monoisotopic (exact) mass is 299 g/mol. The number of hydrogen-bond acceptors (Lipinski definition) is 3. The average Bonchev–Trinajstić information content (AvgIpc) is 2.38. The van der Waals surface area contributed by atoms with Gasteiger partial charge in [0.1, 0.15) is 0 Å². The van der Waals surface area contributed by atoms with Crippen molar-refractivity contribution < 1.29 is 0 Å². The van der Waals surface area contributed by atoms with E-state index in [1.54, 1.807) is 12.3 Å². The van der Waals surface area contributed by atoms with E-state index in [0.29, 0.717) is 35.6 Å². The summed E-state index contributed by atoms with van der Waals surface area (Å²) in [7, 11) is 0. The quantitative estimate of drug-likeness (QED) is 0.436. The number of thiocarbonyl (C=S) groups is 1. The minimum absolute atomic E-state index is 0.329. The number of rotatable bonds is 5. The number of nitrogens with one attached hydrogen (secondary N) is 2. The summed E-state index contributed by atoms with van der Waals surface area (Å²) in [5.41, 5.74) is 6.49. The van der Waals surface area contributed by atoms with E-state index >= 15 is 0 Å². The SMILES string of the molecule is CCCN=C(N)NC(=S)NCCc1ncccc1Cl. The predicted octanol–water partition coefficient (Wildman–Crippen LogP) is 1.47. The summed E-state index contributed by atoms with van der Waals surface area (Å²) in [6.07, 6.45) is 3.35. The Labute approximate surface area is 123 Å². The van der Waals surface area contributed by atoms with Crippen molar-refractivity contribution in [2.75, 3.05) is 13.1 Å². The van der Waals surface area contributed by atoms with Gasteiger partial charge in [0.05, 0.1) is 10.7 Å².